The van der Waals surface area contributed by atoms with Crippen LogP contribution < -0.4 is 10.2 Å². The first kappa shape index (κ1) is 14.4. The van der Waals surface area contributed by atoms with E-state index in [0.29, 0.717) is 24.9 Å². The van der Waals surface area contributed by atoms with Gasteiger partial charge < -0.3 is 10.1 Å². The number of hydrogen-bond donors (Lipinski definition) is 1. The van der Waals surface area contributed by atoms with Crippen molar-refractivity contribution in [3.05, 3.63) is 5.01 Å². The van der Waals surface area contributed by atoms with Crippen LogP contribution in [-0.2, 0) is 14.3 Å². The van der Waals surface area contributed by atoms with Crippen LogP contribution in [0.3, 0.4) is 0 Å². The van der Waals surface area contributed by atoms with Crippen LogP contribution in [0.2, 0.25) is 0 Å². The molecule has 7 nitrogen and oxygen atoms in total. The Balaban J connectivity index is 1.59. The average molecular weight is 310 g/mol. The summed E-state index contributed by atoms with van der Waals surface area (Å²) in [5, 5.41) is 12.3. The van der Waals surface area contributed by atoms with Crippen molar-refractivity contribution in [2.75, 3.05) is 24.7 Å². The van der Waals surface area contributed by atoms with E-state index in [9.17, 15) is 9.59 Å². The summed E-state index contributed by atoms with van der Waals surface area (Å²) >= 11 is 1.37. The van der Waals surface area contributed by atoms with Gasteiger partial charge in [-0.1, -0.05) is 11.3 Å². The van der Waals surface area contributed by atoms with E-state index in [1.165, 1.54) is 11.3 Å². The maximum absolute atomic E-state index is 12.3. The molecule has 0 bridgehead atoms. The molecule has 1 N–H and O–H groups in total. The zero-order valence-corrected chi connectivity index (χ0v) is 12.7. The van der Waals surface area contributed by atoms with Crippen molar-refractivity contribution in [2.45, 2.75) is 32.2 Å². The molecule has 0 aromatic carbocycles. The lowest BCUT2D eigenvalue weighted by atomic mass is 10.0. The molecular formula is C13H18N4O3S. The van der Waals surface area contributed by atoms with Crippen LogP contribution in [0.15, 0.2) is 0 Å². The molecule has 21 heavy (non-hydrogen) atoms. The first-order valence-corrected chi connectivity index (χ1v) is 7.93. The van der Waals surface area contributed by atoms with Gasteiger partial charge in [-0.05, 0) is 19.8 Å². The lowest BCUT2D eigenvalue weighted by Crippen LogP contribution is -2.42. The minimum atomic E-state index is -0.301. The second-order valence-corrected chi connectivity index (χ2v) is 6.56. The summed E-state index contributed by atoms with van der Waals surface area (Å²) in [7, 11) is 0. The molecule has 0 spiro atoms. The minimum absolute atomic E-state index is 0.0426. The highest BCUT2D eigenvalue weighted by atomic mass is 32.1. The number of carbonyl (C=O) groups excluding carboxylic acids is 2. The number of amides is 2. The second-order valence-electron chi connectivity index (χ2n) is 5.40. The van der Waals surface area contributed by atoms with Crippen LogP contribution in [0.4, 0.5) is 5.13 Å². The lowest BCUT2D eigenvalue weighted by molar-refractivity contribution is -0.127. The van der Waals surface area contributed by atoms with Gasteiger partial charge >= 0.3 is 0 Å². The molecule has 0 radical (unpaired) electrons. The van der Waals surface area contributed by atoms with Gasteiger partial charge in [-0.25, -0.2) is 0 Å². The van der Waals surface area contributed by atoms with Crippen molar-refractivity contribution >= 4 is 28.3 Å². The molecule has 2 fully saturated rings. The Bertz CT molecular complexity index is 541. The summed E-state index contributed by atoms with van der Waals surface area (Å²) in [4.78, 5) is 25.9. The fourth-order valence-corrected chi connectivity index (χ4v) is 3.34. The number of aryl methyl sites for hydroxylation is 1. The Morgan fingerprint density at radius 2 is 2.14 bits per heavy atom. The third-order valence-electron chi connectivity index (χ3n) is 3.81. The van der Waals surface area contributed by atoms with E-state index in [-0.39, 0.29) is 30.2 Å². The van der Waals surface area contributed by atoms with Crippen LogP contribution in [-0.4, -0.2) is 47.8 Å². The second kappa shape index (κ2) is 6.07. The molecule has 1 aromatic rings. The van der Waals surface area contributed by atoms with Gasteiger partial charge in [0.05, 0.1) is 5.92 Å². The number of aromatic nitrogens is 2. The summed E-state index contributed by atoms with van der Waals surface area (Å²) < 4.78 is 5.27. The van der Waals surface area contributed by atoms with Crippen molar-refractivity contribution in [1.29, 1.82) is 0 Å². The third-order valence-corrected chi connectivity index (χ3v) is 4.67. The Morgan fingerprint density at radius 1 is 1.38 bits per heavy atom. The van der Waals surface area contributed by atoms with E-state index in [1.54, 1.807) is 4.90 Å². The molecule has 3 rings (SSSR count). The Morgan fingerprint density at radius 3 is 2.81 bits per heavy atom. The molecule has 114 valence electrons. The van der Waals surface area contributed by atoms with Gasteiger partial charge in [0.15, 0.2) is 0 Å². The topological polar surface area (TPSA) is 84.4 Å². The zero-order valence-electron chi connectivity index (χ0n) is 11.9. The van der Waals surface area contributed by atoms with Gasteiger partial charge in [-0.2, -0.15) is 0 Å². The van der Waals surface area contributed by atoms with Crippen molar-refractivity contribution in [1.82, 2.24) is 15.5 Å². The monoisotopic (exact) mass is 310 g/mol. The summed E-state index contributed by atoms with van der Waals surface area (Å²) in [5.74, 6) is -0.401. The first-order valence-electron chi connectivity index (χ1n) is 7.12. The molecule has 1 atom stereocenters. The van der Waals surface area contributed by atoms with Gasteiger partial charge in [-0.3, -0.25) is 14.5 Å². The third kappa shape index (κ3) is 3.21. The number of nitrogens with one attached hydrogen (secondary N) is 1. The van der Waals surface area contributed by atoms with Gasteiger partial charge in [0.25, 0.3) is 0 Å². The lowest BCUT2D eigenvalue weighted by Gasteiger charge is -2.24. The van der Waals surface area contributed by atoms with Gasteiger partial charge in [0.1, 0.15) is 5.01 Å². The van der Waals surface area contributed by atoms with Gasteiger partial charge in [0.2, 0.25) is 16.9 Å². The number of nitrogens with zero attached hydrogens (tertiary/aromatic N) is 3. The molecule has 1 aromatic heterocycles. The zero-order chi connectivity index (χ0) is 14.8. The molecule has 0 aliphatic carbocycles. The summed E-state index contributed by atoms with van der Waals surface area (Å²) in [6.07, 6.45) is 1.92. The fraction of sp³-hybridized carbons (Fsp3) is 0.692. The van der Waals surface area contributed by atoms with E-state index < -0.39 is 0 Å². The van der Waals surface area contributed by atoms with Crippen molar-refractivity contribution in [2.24, 2.45) is 5.92 Å². The predicted molar refractivity (Wildman–Crippen MR) is 77.1 cm³/mol. The number of anilines is 1. The van der Waals surface area contributed by atoms with Crippen LogP contribution in [0.5, 0.6) is 0 Å². The molecular weight excluding hydrogens is 292 g/mol. The van der Waals surface area contributed by atoms with Crippen molar-refractivity contribution < 1.29 is 14.3 Å². The fourth-order valence-electron chi connectivity index (χ4n) is 2.62. The van der Waals surface area contributed by atoms with E-state index in [1.807, 2.05) is 6.92 Å². The van der Waals surface area contributed by atoms with Gasteiger partial charge in [0, 0.05) is 32.2 Å². The van der Waals surface area contributed by atoms with Crippen LogP contribution in [0.25, 0.3) is 0 Å². The Kier molecular flexibility index (Phi) is 4.16. The van der Waals surface area contributed by atoms with Crippen molar-refractivity contribution in [3.63, 3.8) is 0 Å². The average Bonchev–Trinajstić information content (AvgIpc) is 3.06. The molecule has 0 saturated carbocycles. The highest BCUT2D eigenvalue weighted by Gasteiger charge is 2.37. The van der Waals surface area contributed by atoms with E-state index in [4.69, 9.17) is 4.74 Å². The smallest absolute Gasteiger partial charge is 0.229 e. The predicted octanol–water partition coefficient (Wildman–Crippen LogP) is 0.495. The summed E-state index contributed by atoms with van der Waals surface area (Å²) in [6, 6.07) is 0.166. The van der Waals surface area contributed by atoms with Crippen LogP contribution in [0.1, 0.15) is 24.3 Å². The number of rotatable bonds is 3. The maximum atomic E-state index is 12.3. The summed E-state index contributed by atoms with van der Waals surface area (Å²) in [6.45, 7) is 3.61. The van der Waals surface area contributed by atoms with Crippen LogP contribution >= 0.6 is 11.3 Å². The molecule has 2 aliphatic heterocycles. The highest BCUT2D eigenvalue weighted by Crippen LogP contribution is 2.27. The Hall–Kier alpha value is -1.54. The van der Waals surface area contributed by atoms with Gasteiger partial charge in [-0.15, -0.1) is 10.2 Å². The molecule has 2 saturated heterocycles. The Labute approximate surface area is 126 Å². The summed E-state index contributed by atoms with van der Waals surface area (Å²) in [5.41, 5.74) is 0. The standard InChI is InChI=1S/C13H18N4O3S/c1-8-15-16-13(21-8)17-7-9(6-11(17)18)12(19)14-10-2-4-20-5-3-10/h9-10H,2-7H2,1H3,(H,14,19). The van der Waals surface area contributed by atoms with E-state index >= 15 is 0 Å². The number of hydrogen-bond acceptors (Lipinski definition) is 6. The molecule has 2 aliphatic rings. The van der Waals surface area contributed by atoms with Crippen molar-refractivity contribution in [3.8, 4) is 0 Å². The van der Waals surface area contributed by atoms with E-state index in [0.717, 1.165) is 17.8 Å². The maximum Gasteiger partial charge on any atom is 0.229 e. The number of carbonyl (C=O) groups is 2. The number of ether oxygens (including phenoxy) is 1. The largest absolute Gasteiger partial charge is 0.381 e. The van der Waals surface area contributed by atoms with Crippen LogP contribution in [0, 0.1) is 12.8 Å². The van der Waals surface area contributed by atoms with E-state index in [2.05, 4.69) is 15.5 Å². The molecule has 8 heteroatoms. The molecule has 3 heterocycles. The molecule has 1 unspecified atom stereocenters. The minimum Gasteiger partial charge on any atom is -0.381 e. The SMILES string of the molecule is Cc1nnc(N2CC(C(=O)NC3CCOCC3)CC2=O)s1. The highest BCUT2D eigenvalue weighted by molar-refractivity contribution is 7.15. The quantitative estimate of drug-likeness (QED) is 0.878. The first-order chi connectivity index (χ1) is 10.1. The molecule has 2 amide bonds. The normalized spacial score (nSPS) is 23.6.